The minimum atomic E-state index is -1.59. The Labute approximate surface area is 142 Å². The Morgan fingerprint density at radius 3 is 1.68 bits per heavy atom. The molecule has 0 aliphatic carbocycles. The van der Waals surface area contributed by atoms with Crippen molar-refractivity contribution in [3.05, 3.63) is 0 Å². The molecule has 1 rings (SSSR count). The van der Waals surface area contributed by atoms with Gasteiger partial charge < -0.3 is 9.16 Å². The van der Waals surface area contributed by atoms with Crippen LogP contribution in [0.5, 0.6) is 0 Å². The third-order valence-corrected chi connectivity index (χ3v) is 20.2. The van der Waals surface area contributed by atoms with Crippen LogP contribution in [0.1, 0.15) is 33.6 Å². The summed E-state index contributed by atoms with van der Waals surface area (Å²) in [6, 6.07) is 0. The zero-order valence-corrected chi connectivity index (χ0v) is 20.0. The highest BCUT2D eigenvalue weighted by Gasteiger charge is 2.69. The fourth-order valence-corrected chi connectivity index (χ4v) is 17.0. The topological polar surface area (TPSA) is 21.8 Å². The lowest BCUT2D eigenvalue weighted by Gasteiger charge is -2.37. The van der Waals surface area contributed by atoms with Crippen molar-refractivity contribution in [3.8, 4) is 0 Å². The minimum absolute atomic E-state index is 0.289. The van der Waals surface area contributed by atoms with E-state index in [-0.39, 0.29) is 4.85 Å². The van der Waals surface area contributed by atoms with Gasteiger partial charge in [0.15, 0.2) is 8.32 Å². The first kappa shape index (κ1) is 20.6. The molecule has 1 aliphatic heterocycles. The van der Waals surface area contributed by atoms with E-state index in [0.29, 0.717) is 11.1 Å². The second-order valence-corrected chi connectivity index (χ2v) is 26.4. The zero-order chi connectivity index (χ0) is 17.6. The normalized spacial score (nSPS) is 22.8. The second kappa shape index (κ2) is 6.14. The van der Waals surface area contributed by atoms with Gasteiger partial charge in [0, 0.05) is 6.61 Å². The third-order valence-electron chi connectivity index (χ3n) is 5.83. The molecule has 1 saturated heterocycles. The molecule has 0 radical (unpaired) electrons. The van der Waals surface area contributed by atoms with Gasteiger partial charge in [-0.15, -0.1) is 0 Å². The van der Waals surface area contributed by atoms with E-state index in [4.69, 9.17) is 9.16 Å². The molecule has 0 amide bonds. The molecular weight excluding hydrogens is 320 g/mol. The summed E-state index contributed by atoms with van der Waals surface area (Å²) in [6.07, 6.45) is 2.84. The fraction of sp³-hybridized carbons (Fsp3) is 1.00. The molecule has 0 spiro atoms. The summed E-state index contributed by atoms with van der Waals surface area (Å²) >= 11 is 0. The van der Waals surface area contributed by atoms with E-state index in [0.717, 1.165) is 13.0 Å². The predicted octanol–water partition coefficient (Wildman–Crippen LogP) is 5.68. The molecule has 0 aromatic rings. The fourth-order valence-electron chi connectivity index (χ4n) is 3.71. The van der Waals surface area contributed by atoms with Gasteiger partial charge in [-0.25, -0.2) is 0 Å². The summed E-state index contributed by atoms with van der Waals surface area (Å²) in [7, 11) is -4.17. The van der Waals surface area contributed by atoms with Crippen LogP contribution in [-0.2, 0) is 9.16 Å². The van der Waals surface area contributed by atoms with E-state index in [9.17, 15) is 0 Å². The van der Waals surface area contributed by atoms with Crippen molar-refractivity contribution in [2.75, 3.05) is 6.61 Å². The number of hydrogen-bond donors (Lipinski definition) is 0. The van der Waals surface area contributed by atoms with Gasteiger partial charge in [0.25, 0.3) is 0 Å². The molecule has 0 N–H and O–H groups in total. The van der Waals surface area contributed by atoms with Crippen molar-refractivity contribution in [1.82, 2.24) is 0 Å². The molecule has 1 heterocycles. The van der Waals surface area contributed by atoms with Gasteiger partial charge in [0.05, 0.1) is 27.1 Å². The Hall–Kier alpha value is 0.571. The van der Waals surface area contributed by atoms with Gasteiger partial charge >= 0.3 is 0 Å². The Morgan fingerprint density at radius 1 is 0.909 bits per heavy atom. The molecule has 0 bridgehead atoms. The number of hydrogen-bond acceptors (Lipinski definition) is 2. The number of epoxide rings is 1. The highest BCUT2D eigenvalue weighted by Crippen LogP contribution is 2.52. The van der Waals surface area contributed by atoms with E-state index in [1.54, 1.807) is 0 Å². The van der Waals surface area contributed by atoms with Crippen LogP contribution in [0.15, 0.2) is 0 Å². The maximum absolute atomic E-state index is 6.41. The molecule has 2 nitrogen and oxygen atoms in total. The molecule has 132 valence electrons. The maximum Gasteiger partial charge on any atom is 0.191 e. The SMILES string of the molecule is CC(C)(C)[Si](C)(C)OCCCC1OC1([Si](C)(C)C)[Si](C)(C)C. The van der Waals surface area contributed by atoms with E-state index < -0.39 is 24.5 Å². The van der Waals surface area contributed by atoms with Gasteiger partial charge in [-0.1, -0.05) is 60.1 Å². The van der Waals surface area contributed by atoms with Crippen molar-refractivity contribution in [1.29, 1.82) is 0 Å². The molecule has 0 saturated carbocycles. The molecular formula is C17H40O2Si3. The van der Waals surface area contributed by atoms with Crippen LogP contribution in [0.3, 0.4) is 0 Å². The Bertz CT molecular complexity index is 372. The third kappa shape index (κ3) is 3.97. The zero-order valence-electron chi connectivity index (χ0n) is 17.0. The first-order valence-corrected chi connectivity index (χ1v) is 18.8. The van der Waals surface area contributed by atoms with E-state index in [1.807, 2.05) is 0 Å². The average Bonchev–Trinajstić information content (AvgIpc) is 2.97. The Kier molecular flexibility index (Phi) is 5.75. The predicted molar refractivity (Wildman–Crippen MR) is 107 cm³/mol. The first-order chi connectivity index (χ1) is 9.56. The van der Waals surface area contributed by atoms with Gasteiger partial charge in [0.2, 0.25) is 0 Å². The molecule has 22 heavy (non-hydrogen) atoms. The summed E-state index contributed by atoms with van der Waals surface area (Å²) in [5, 5.41) is 0.309. The lowest BCUT2D eigenvalue weighted by atomic mass is 10.2. The summed E-state index contributed by atoms with van der Waals surface area (Å²) in [6.45, 7) is 27.4. The van der Waals surface area contributed by atoms with Crippen molar-refractivity contribution in [3.63, 3.8) is 0 Å². The van der Waals surface area contributed by atoms with Crippen LogP contribution in [0.4, 0.5) is 0 Å². The summed E-state index contributed by atoms with van der Waals surface area (Å²) in [5.41, 5.74) is 0. The number of rotatable bonds is 7. The van der Waals surface area contributed by atoms with Crippen LogP contribution in [0.25, 0.3) is 0 Å². The molecule has 1 unspecified atom stereocenters. The quantitative estimate of drug-likeness (QED) is 0.331. The second-order valence-electron chi connectivity index (χ2n) is 10.6. The average molecular weight is 361 g/mol. The standard InChI is InChI=1S/C17H40O2Si3/c1-16(2,3)22(10,11)18-14-12-13-15-17(19-15,20(4,5)6)21(7,8)9/h15H,12-14H2,1-11H3. The van der Waals surface area contributed by atoms with Crippen molar-refractivity contribution < 1.29 is 9.16 Å². The monoisotopic (exact) mass is 360 g/mol. The van der Waals surface area contributed by atoms with E-state index in [1.165, 1.54) is 6.42 Å². The molecule has 1 atom stereocenters. The van der Waals surface area contributed by atoms with Crippen molar-refractivity contribution in [2.45, 2.75) is 102 Å². The minimum Gasteiger partial charge on any atom is -0.417 e. The molecule has 1 aliphatic rings. The highest BCUT2D eigenvalue weighted by atomic mass is 28.4. The number of ether oxygens (including phenoxy) is 1. The van der Waals surface area contributed by atoms with Gasteiger partial charge in [0.1, 0.15) is 0 Å². The molecule has 1 fully saturated rings. The van der Waals surface area contributed by atoms with Gasteiger partial charge in [-0.05, 0) is 31.0 Å². The smallest absolute Gasteiger partial charge is 0.191 e. The van der Waals surface area contributed by atoms with Gasteiger partial charge in [-0.3, -0.25) is 0 Å². The highest BCUT2D eigenvalue weighted by molar-refractivity contribution is 6.99. The summed E-state index contributed by atoms with van der Waals surface area (Å²) in [5.74, 6) is 0. The Balaban J connectivity index is 2.52. The summed E-state index contributed by atoms with van der Waals surface area (Å²) in [4.78, 5) is 0.289. The summed E-state index contributed by atoms with van der Waals surface area (Å²) < 4.78 is 12.7. The van der Waals surface area contributed by atoms with Crippen molar-refractivity contribution in [2.24, 2.45) is 0 Å². The van der Waals surface area contributed by atoms with Crippen LogP contribution in [0, 0.1) is 0 Å². The Morgan fingerprint density at radius 2 is 1.36 bits per heavy atom. The first-order valence-electron chi connectivity index (χ1n) is 8.88. The molecule has 0 aromatic carbocycles. The van der Waals surface area contributed by atoms with Crippen molar-refractivity contribution >= 4 is 24.5 Å². The van der Waals surface area contributed by atoms with E-state index in [2.05, 4.69) is 73.1 Å². The molecule has 5 heteroatoms. The maximum atomic E-state index is 6.41. The van der Waals surface area contributed by atoms with Gasteiger partial charge in [-0.2, -0.15) is 0 Å². The largest absolute Gasteiger partial charge is 0.417 e. The van der Waals surface area contributed by atoms with Crippen LogP contribution >= 0.6 is 0 Å². The van der Waals surface area contributed by atoms with Crippen LogP contribution in [-0.4, -0.2) is 42.0 Å². The van der Waals surface area contributed by atoms with E-state index >= 15 is 0 Å². The molecule has 0 aromatic heterocycles. The lowest BCUT2D eigenvalue weighted by molar-refractivity contribution is 0.269. The lowest BCUT2D eigenvalue weighted by Crippen LogP contribution is -2.59. The van der Waals surface area contributed by atoms with Crippen LogP contribution < -0.4 is 0 Å². The van der Waals surface area contributed by atoms with Crippen LogP contribution in [0.2, 0.25) is 57.4 Å².